The lowest BCUT2D eigenvalue weighted by Gasteiger charge is -2.38. The molecule has 0 saturated carbocycles. The van der Waals surface area contributed by atoms with Crippen molar-refractivity contribution in [3.63, 3.8) is 0 Å². The van der Waals surface area contributed by atoms with E-state index in [0.717, 1.165) is 6.07 Å². The first-order chi connectivity index (χ1) is 9.93. The quantitative estimate of drug-likeness (QED) is 0.459. The molecule has 1 aromatic rings. The fraction of sp³-hybridized carbons (Fsp3) is 0.417. The van der Waals surface area contributed by atoms with Gasteiger partial charge in [0.1, 0.15) is 5.69 Å². The maximum atomic E-state index is 11.5. The van der Waals surface area contributed by atoms with Gasteiger partial charge in [0.25, 0.3) is 11.4 Å². The van der Waals surface area contributed by atoms with Crippen molar-refractivity contribution < 1.29 is 19.4 Å². The molecule has 0 radical (unpaired) electrons. The van der Waals surface area contributed by atoms with Gasteiger partial charge in [-0.25, -0.2) is 0 Å². The van der Waals surface area contributed by atoms with Crippen LogP contribution in [0.1, 0.15) is 6.92 Å². The number of non-ortho nitro benzene ring substituents is 1. The average Bonchev–Trinajstić information content (AvgIpc) is 2.37. The third-order valence-corrected chi connectivity index (χ3v) is 3.21. The highest BCUT2D eigenvalue weighted by Gasteiger charge is 2.37. The number of anilines is 1. The first-order valence-electron chi connectivity index (χ1n) is 6.28. The molecule has 9 heteroatoms. The van der Waals surface area contributed by atoms with E-state index in [1.165, 1.54) is 12.1 Å². The van der Waals surface area contributed by atoms with Gasteiger partial charge in [-0.15, -0.1) is 0 Å². The molecule has 1 aromatic carbocycles. The van der Waals surface area contributed by atoms with E-state index in [1.807, 2.05) is 0 Å². The molecule has 0 aliphatic carbocycles. The summed E-state index contributed by atoms with van der Waals surface area (Å²) < 4.78 is 4.87. The Kier molecular flexibility index (Phi) is 4.01. The maximum absolute atomic E-state index is 11.5. The van der Waals surface area contributed by atoms with Crippen molar-refractivity contribution in [2.24, 2.45) is 5.92 Å². The van der Waals surface area contributed by atoms with Crippen LogP contribution < -0.4 is 4.90 Å². The number of hydrogen-bond donors (Lipinski definition) is 0. The zero-order valence-corrected chi connectivity index (χ0v) is 11.2. The Morgan fingerprint density at radius 3 is 2.52 bits per heavy atom. The van der Waals surface area contributed by atoms with Crippen molar-refractivity contribution >= 4 is 23.0 Å². The molecule has 112 valence electrons. The highest BCUT2D eigenvalue weighted by Crippen LogP contribution is 2.35. The number of rotatable bonds is 5. The Bertz CT molecular complexity index is 597. The van der Waals surface area contributed by atoms with E-state index in [-0.39, 0.29) is 35.6 Å². The molecule has 0 spiro atoms. The Balaban J connectivity index is 2.17. The summed E-state index contributed by atoms with van der Waals surface area (Å²) in [5.41, 5.74) is -0.412. The maximum Gasteiger partial charge on any atom is 0.312 e. The monoisotopic (exact) mass is 295 g/mol. The van der Waals surface area contributed by atoms with Gasteiger partial charge in [0.15, 0.2) is 0 Å². The van der Waals surface area contributed by atoms with Crippen LogP contribution in [-0.2, 0) is 9.53 Å². The topological polar surface area (TPSA) is 116 Å². The molecule has 0 atom stereocenters. The van der Waals surface area contributed by atoms with E-state index >= 15 is 0 Å². The second-order valence-corrected chi connectivity index (χ2v) is 4.54. The van der Waals surface area contributed by atoms with Crippen molar-refractivity contribution in [3.8, 4) is 0 Å². The highest BCUT2D eigenvalue weighted by molar-refractivity contribution is 5.78. The van der Waals surface area contributed by atoms with Crippen LogP contribution in [0.25, 0.3) is 0 Å². The number of nitro groups is 2. The minimum absolute atomic E-state index is 0.270. The molecule has 0 N–H and O–H groups in total. The molecular formula is C12H13N3O6. The summed E-state index contributed by atoms with van der Waals surface area (Å²) in [6.45, 7) is 2.59. The molecular weight excluding hydrogens is 282 g/mol. The van der Waals surface area contributed by atoms with E-state index in [1.54, 1.807) is 11.8 Å². The van der Waals surface area contributed by atoms with Gasteiger partial charge >= 0.3 is 5.97 Å². The molecule has 1 heterocycles. The van der Waals surface area contributed by atoms with Crippen molar-refractivity contribution in [1.29, 1.82) is 0 Å². The first kappa shape index (κ1) is 14.7. The Morgan fingerprint density at radius 2 is 2.00 bits per heavy atom. The number of nitrogens with zero attached hydrogens (tertiary/aromatic N) is 3. The lowest BCUT2D eigenvalue weighted by atomic mass is 9.99. The molecule has 21 heavy (non-hydrogen) atoms. The zero-order chi connectivity index (χ0) is 15.6. The normalized spacial score (nSPS) is 14.4. The standard InChI is InChI=1S/C12H13N3O6/c1-2-21-12(16)8-6-13(7-8)10-4-3-9(14(17)18)5-11(10)15(19)20/h3-5,8H,2,6-7H2,1H3. The third kappa shape index (κ3) is 2.91. The first-order valence-corrected chi connectivity index (χ1v) is 6.28. The largest absolute Gasteiger partial charge is 0.466 e. The van der Waals surface area contributed by atoms with E-state index in [4.69, 9.17) is 4.74 Å². The van der Waals surface area contributed by atoms with Gasteiger partial charge in [-0.05, 0) is 13.0 Å². The van der Waals surface area contributed by atoms with E-state index in [9.17, 15) is 25.0 Å². The summed E-state index contributed by atoms with van der Waals surface area (Å²) in [5, 5.41) is 21.7. The lowest BCUT2D eigenvalue weighted by Crippen LogP contribution is -2.51. The molecule has 9 nitrogen and oxygen atoms in total. The summed E-state index contributed by atoms with van der Waals surface area (Å²) in [6.07, 6.45) is 0. The summed E-state index contributed by atoms with van der Waals surface area (Å²) in [7, 11) is 0. The van der Waals surface area contributed by atoms with Crippen molar-refractivity contribution in [3.05, 3.63) is 38.4 Å². The Labute approximate surface area is 119 Å². The smallest absolute Gasteiger partial charge is 0.312 e. The molecule has 1 aliphatic heterocycles. The molecule has 2 rings (SSSR count). The number of esters is 1. The molecule has 1 saturated heterocycles. The second-order valence-electron chi connectivity index (χ2n) is 4.54. The van der Waals surface area contributed by atoms with Crippen LogP contribution in [0.3, 0.4) is 0 Å². The molecule has 0 unspecified atom stereocenters. The van der Waals surface area contributed by atoms with E-state index < -0.39 is 9.85 Å². The van der Waals surface area contributed by atoms with Gasteiger partial charge in [0, 0.05) is 19.2 Å². The molecule has 0 amide bonds. The van der Waals surface area contributed by atoms with Crippen molar-refractivity contribution in [1.82, 2.24) is 0 Å². The van der Waals surface area contributed by atoms with Gasteiger partial charge < -0.3 is 9.64 Å². The number of benzene rings is 1. The van der Waals surface area contributed by atoms with E-state index in [0.29, 0.717) is 13.1 Å². The minimum Gasteiger partial charge on any atom is -0.466 e. The van der Waals surface area contributed by atoms with Crippen LogP contribution in [0.4, 0.5) is 17.1 Å². The minimum atomic E-state index is -0.686. The molecule has 0 aromatic heterocycles. The predicted molar refractivity (Wildman–Crippen MR) is 72.1 cm³/mol. The second kappa shape index (κ2) is 5.73. The van der Waals surface area contributed by atoms with Gasteiger partial charge in [-0.3, -0.25) is 25.0 Å². The van der Waals surface area contributed by atoms with Crippen LogP contribution in [0.2, 0.25) is 0 Å². The van der Waals surface area contributed by atoms with Crippen LogP contribution in [0, 0.1) is 26.1 Å². The highest BCUT2D eigenvalue weighted by atomic mass is 16.6. The number of carbonyl (C=O) groups is 1. The van der Waals surface area contributed by atoms with Crippen LogP contribution in [0.15, 0.2) is 18.2 Å². The number of carbonyl (C=O) groups excluding carboxylic acids is 1. The molecule has 0 bridgehead atoms. The summed E-state index contributed by atoms with van der Waals surface area (Å²) in [5.74, 6) is -0.655. The van der Waals surface area contributed by atoms with Gasteiger partial charge in [0.05, 0.1) is 28.4 Å². The van der Waals surface area contributed by atoms with Crippen molar-refractivity contribution in [2.45, 2.75) is 6.92 Å². The Morgan fingerprint density at radius 1 is 1.33 bits per heavy atom. The summed E-state index contributed by atoms with van der Waals surface area (Å²) in [6, 6.07) is 3.46. The number of ether oxygens (including phenoxy) is 1. The average molecular weight is 295 g/mol. The predicted octanol–water partition coefficient (Wildman–Crippen LogP) is 1.50. The summed E-state index contributed by atoms with van der Waals surface area (Å²) >= 11 is 0. The van der Waals surface area contributed by atoms with Crippen LogP contribution in [0.5, 0.6) is 0 Å². The summed E-state index contributed by atoms with van der Waals surface area (Å²) in [4.78, 5) is 33.5. The number of hydrogen-bond acceptors (Lipinski definition) is 7. The Hall–Kier alpha value is -2.71. The zero-order valence-electron chi connectivity index (χ0n) is 11.2. The van der Waals surface area contributed by atoms with Crippen molar-refractivity contribution in [2.75, 3.05) is 24.6 Å². The van der Waals surface area contributed by atoms with Crippen LogP contribution in [-0.4, -0.2) is 35.5 Å². The molecule has 1 aliphatic rings. The fourth-order valence-electron chi connectivity index (χ4n) is 2.12. The van der Waals surface area contributed by atoms with E-state index in [2.05, 4.69) is 0 Å². The fourth-order valence-corrected chi connectivity index (χ4v) is 2.12. The number of nitro benzene ring substituents is 2. The SMILES string of the molecule is CCOC(=O)C1CN(c2ccc([N+](=O)[O-])cc2[N+](=O)[O-])C1. The van der Waals surface area contributed by atoms with Crippen LogP contribution >= 0.6 is 0 Å². The lowest BCUT2D eigenvalue weighted by molar-refractivity contribution is -0.393. The van der Waals surface area contributed by atoms with Gasteiger partial charge in [-0.2, -0.15) is 0 Å². The van der Waals surface area contributed by atoms with Gasteiger partial charge in [0.2, 0.25) is 0 Å². The third-order valence-electron chi connectivity index (χ3n) is 3.21. The molecule has 1 fully saturated rings. The van der Waals surface area contributed by atoms with Gasteiger partial charge in [-0.1, -0.05) is 0 Å².